The number of rotatable bonds is 6. The van der Waals surface area contributed by atoms with Crippen LogP contribution in [-0.4, -0.2) is 47.2 Å². The van der Waals surface area contributed by atoms with Crippen molar-refractivity contribution in [3.05, 3.63) is 75.8 Å². The number of carbonyl (C=O) groups is 4. The lowest BCUT2D eigenvalue weighted by atomic mass is 9.85. The summed E-state index contributed by atoms with van der Waals surface area (Å²) in [6.45, 7) is -0.523. The molecule has 5 rings (SSSR count). The average Bonchev–Trinajstić information content (AvgIpc) is 3.51. The molecule has 34 heavy (non-hydrogen) atoms. The SMILES string of the molecule is COc1cccc(C(=O)CN(C(=O)c2ccc(Cl)cc2Cl)N2C(=O)[C@@H]3[C@H](C2=O)[C@H]2C=C[C@H]3C2)c1. The van der Waals surface area contributed by atoms with E-state index in [1.165, 1.54) is 31.4 Å². The molecule has 0 spiro atoms. The fraction of sp³-hybridized carbons (Fsp3) is 0.280. The van der Waals surface area contributed by atoms with E-state index in [9.17, 15) is 19.2 Å². The van der Waals surface area contributed by atoms with Crippen LogP contribution < -0.4 is 4.74 Å². The van der Waals surface area contributed by atoms with Crippen LogP contribution in [0.3, 0.4) is 0 Å². The molecule has 1 heterocycles. The molecule has 0 unspecified atom stereocenters. The van der Waals surface area contributed by atoms with Crippen LogP contribution in [0, 0.1) is 23.7 Å². The van der Waals surface area contributed by atoms with Crippen molar-refractivity contribution in [1.82, 2.24) is 10.0 Å². The number of ether oxygens (including phenoxy) is 1. The standard InChI is InChI=1S/C25H20Cl2N2O5/c1-34-17-4-2-3-13(10-17)20(30)12-28(23(31)18-8-7-16(26)11-19(18)27)29-24(32)21-14-5-6-15(9-14)22(21)25(29)33/h2-8,10-11,14-15,21-22H,9,12H2,1H3/t14-,15-,21-,22+/m0/s1. The van der Waals surface area contributed by atoms with Gasteiger partial charge in [-0.1, -0.05) is 47.5 Å². The molecule has 174 valence electrons. The number of Topliss-reactive ketones (excluding diaryl/α,β-unsaturated/α-hetero) is 1. The largest absolute Gasteiger partial charge is 0.497 e. The van der Waals surface area contributed by atoms with E-state index in [0.717, 1.165) is 16.4 Å². The fourth-order valence-corrected chi connectivity index (χ4v) is 5.67. The summed E-state index contributed by atoms with van der Waals surface area (Å²) in [4.78, 5) is 53.6. The quantitative estimate of drug-likeness (QED) is 0.340. The van der Waals surface area contributed by atoms with E-state index in [1.54, 1.807) is 18.2 Å². The Morgan fingerprint density at radius 2 is 1.71 bits per heavy atom. The molecule has 2 bridgehead atoms. The van der Waals surface area contributed by atoms with Gasteiger partial charge in [0.05, 0.1) is 29.5 Å². The van der Waals surface area contributed by atoms with E-state index in [4.69, 9.17) is 27.9 Å². The number of fused-ring (bicyclic) bond motifs is 5. The molecule has 1 saturated heterocycles. The predicted molar refractivity (Wildman–Crippen MR) is 124 cm³/mol. The zero-order chi connectivity index (χ0) is 24.1. The van der Waals surface area contributed by atoms with Crippen LogP contribution in [0.5, 0.6) is 5.75 Å². The minimum absolute atomic E-state index is 0.0308. The maximum atomic E-state index is 13.6. The third-order valence-electron chi connectivity index (χ3n) is 6.77. The Morgan fingerprint density at radius 3 is 2.32 bits per heavy atom. The molecule has 2 fully saturated rings. The number of hydrogen-bond acceptors (Lipinski definition) is 5. The highest BCUT2D eigenvalue weighted by Gasteiger charge is 2.61. The van der Waals surface area contributed by atoms with Gasteiger partial charge >= 0.3 is 0 Å². The Balaban J connectivity index is 1.52. The monoisotopic (exact) mass is 498 g/mol. The van der Waals surface area contributed by atoms with Crippen molar-refractivity contribution < 1.29 is 23.9 Å². The number of carbonyl (C=O) groups excluding carboxylic acids is 4. The molecular weight excluding hydrogens is 479 g/mol. The van der Waals surface area contributed by atoms with Crippen LogP contribution in [0.15, 0.2) is 54.6 Å². The summed E-state index contributed by atoms with van der Waals surface area (Å²) in [5.74, 6) is -2.79. The highest BCUT2D eigenvalue weighted by Crippen LogP contribution is 2.52. The van der Waals surface area contributed by atoms with Crippen LogP contribution in [0.25, 0.3) is 0 Å². The molecule has 0 N–H and O–H groups in total. The van der Waals surface area contributed by atoms with Crippen molar-refractivity contribution in [3.8, 4) is 5.75 Å². The van der Waals surface area contributed by atoms with Gasteiger partial charge < -0.3 is 4.74 Å². The van der Waals surface area contributed by atoms with E-state index in [2.05, 4.69) is 0 Å². The van der Waals surface area contributed by atoms with Crippen molar-refractivity contribution >= 4 is 46.7 Å². The Bertz CT molecular complexity index is 1230. The molecule has 2 aromatic carbocycles. The molecule has 3 amide bonds. The number of hydrazine groups is 1. The zero-order valence-corrected chi connectivity index (χ0v) is 19.6. The minimum atomic E-state index is -0.736. The Kier molecular flexibility index (Phi) is 5.70. The number of nitrogens with zero attached hydrogens (tertiary/aromatic N) is 2. The summed E-state index contributed by atoms with van der Waals surface area (Å²) >= 11 is 12.2. The summed E-state index contributed by atoms with van der Waals surface area (Å²) in [7, 11) is 1.48. The predicted octanol–water partition coefficient (Wildman–Crippen LogP) is 4.05. The molecular formula is C25H20Cl2N2O5. The molecule has 1 saturated carbocycles. The third kappa shape index (κ3) is 3.60. The maximum Gasteiger partial charge on any atom is 0.274 e. The Morgan fingerprint density at radius 1 is 1.03 bits per heavy atom. The lowest BCUT2D eigenvalue weighted by Crippen LogP contribution is -2.52. The molecule has 3 aliphatic rings. The molecule has 4 atom stereocenters. The maximum absolute atomic E-state index is 13.6. The highest BCUT2D eigenvalue weighted by molar-refractivity contribution is 6.36. The van der Waals surface area contributed by atoms with Gasteiger partial charge in [-0.2, -0.15) is 5.01 Å². The van der Waals surface area contributed by atoms with Crippen LogP contribution in [0.2, 0.25) is 10.0 Å². The smallest absolute Gasteiger partial charge is 0.274 e. The number of methoxy groups -OCH3 is 1. The molecule has 2 aliphatic carbocycles. The topological polar surface area (TPSA) is 84.0 Å². The van der Waals surface area contributed by atoms with Crippen molar-refractivity contribution in [1.29, 1.82) is 0 Å². The van der Waals surface area contributed by atoms with Gasteiger partial charge in [0, 0.05) is 10.6 Å². The highest BCUT2D eigenvalue weighted by atomic mass is 35.5. The van der Waals surface area contributed by atoms with Crippen molar-refractivity contribution in [2.75, 3.05) is 13.7 Å². The average molecular weight is 499 g/mol. The third-order valence-corrected chi connectivity index (χ3v) is 7.32. The number of imide groups is 1. The minimum Gasteiger partial charge on any atom is -0.497 e. The van der Waals surface area contributed by atoms with Gasteiger partial charge in [0.1, 0.15) is 12.3 Å². The van der Waals surface area contributed by atoms with Crippen molar-refractivity contribution in [2.45, 2.75) is 6.42 Å². The molecule has 0 aromatic heterocycles. The molecule has 7 nitrogen and oxygen atoms in total. The number of hydrogen-bond donors (Lipinski definition) is 0. The summed E-state index contributed by atoms with van der Waals surface area (Å²) in [5.41, 5.74) is 0.309. The summed E-state index contributed by atoms with van der Waals surface area (Å²) < 4.78 is 5.18. The first-order valence-electron chi connectivity index (χ1n) is 10.8. The first kappa shape index (κ1) is 22.6. The Hall–Kier alpha value is -3.16. The van der Waals surface area contributed by atoms with Gasteiger partial charge in [-0.05, 0) is 48.6 Å². The Labute approximate surface area is 205 Å². The van der Waals surface area contributed by atoms with Gasteiger partial charge in [0.25, 0.3) is 17.7 Å². The second-order valence-electron chi connectivity index (χ2n) is 8.63. The van der Waals surface area contributed by atoms with Crippen LogP contribution >= 0.6 is 23.2 Å². The van der Waals surface area contributed by atoms with Crippen LogP contribution in [0.4, 0.5) is 0 Å². The van der Waals surface area contributed by atoms with E-state index in [-0.39, 0.29) is 28.0 Å². The second kappa shape index (κ2) is 8.56. The van der Waals surface area contributed by atoms with Crippen LogP contribution in [-0.2, 0) is 9.59 Å². The summed E-state index contributed by atoms with van der Waals surface area (Å²) in [6, 6.07) is 10.7. The lowest BCUT2D eigenvalue weighted by Gasteiger charge is -2.31. The lowest BCUT2D eigenvalue weighted by molar-refractivity contribution is -0.154. The van der Waals surface area contributed by atoms with E-state index < -0.39 is 41.9 Å². The van der Waals surface area contributed by atoms with E-state index >= 15 is 0 Å². The van der Waals surface area contributed by atoms with Gasteiger partial charge in [-0.3, -0.25) is 19.2 Å². The first-order chi connectivity index (χ1) is 16.3. The zero-order valence-electron chi connectivity index (χ0n) is 18.1. The normalized spacial score (nSPS) is 24.5. The molecule has 0 radical (unpaired) electrons. The number of benzene rings is 2. The first-order valence-corrected chi connectivity index (χ1v) is 11.6. The van der Waals surface area contributed by atoms with E-state index in [1.807, 2.05) is 12.2 Å². The number of allylic oxidation sites excluding steroid dienone is 2. The summed E-state index contributed by atoms with van der Waals surface area (Å²) in [6.07, 6.45) is 4.68. The van der Waals surface area contributed by atoms with Crippen molar-refractivity contribution in [2.24, 2.45) is 23.7 Å². The summed E-state index contributed by atoms with van der Waals surface area (Å²) in [5, 5.41) is 2.15. The van der Waals surface area contributed by atoms with Gasteiger partial charge in [0.2, 0.25) is 0 Å². The van der Waals surface area contributed by atoms with Gasteiger partial charge in [0.15, 0.2) is 5.78 Å². The fourth-order valence-electron chi connectivity index (χ4n) is 5.18. The van der Waals surface area contributed by atoms with Crippen molar-refractivity contribution in [3.63, 3.8) is 0 Å². The van der Waals surface area contributed by atoms with Crippen LogP contribution in [0.1, 0.15) is 27.1 Å². The van der Waals surface area contributed by atoms with Gasteiger partial charge in [-0.15, -0.1) is 0 Å². The molecule has 9 heteroatoms. The molecule has 1 aliphatic heterocycles. The number of halogens is 2. The number of amides is 3. The number of ketones is 1. The molecule has 2 aromatic rings. The van der Waals surface area contributed by atoms with E-state index in [0.29, 0.717) is 10.8 Å². The second-order valence-corrected chi connectivity index (χ2v) is 9.47. The van der Waals surface area contributed by atoms with Gasteiger partial charge in [-0.25, -0.2) is 5.01 Å².